The monoisotopic (exact) mass is 345 g/mol. The first kappa shape index (κ1) is 17.8. The standard InChI is InChI=1S/C18H27N5O2/c1-13(2)12-23-18(14(3)24-4)20-17(21-23)15-5-6-16(19-11-15)22-7-9-25-10-8-22/h5-6,11,13-14H,7-10,12H2,1-4H3. The largest absolute Gasteiger partial charge is 0.378 e. The first-order valence-corrected chi connectivity index (χ1v) is 8.85. The summed E-state index contributed by atoms with van der Waals surface area (Å²) in [4.78, 5) is 11.5. The van der Waals surface area contributed by atoms with Crippen LogP contribution in [0.15, 0.2) is 18.3 Å². The van der Waals surface area contributed by atoms with Crippen LogP contribution in [-0.2, 0) is 16.0 Å². The second-order valence-electron chi connectivity index (χ2n) is 6.75. The van der Waals surface area contributed by atoms with Crippen LogP contribution in [0.4, 0.5) is 5.82 Å². The molecule has 1 fully saturated rings. The summed E-state index contributed by atoms with van der Waals surface area (Å²) in [7, 11) is 1.69. The van der Waals surface area contributed by atoms with Crippen molar-refractivity contribution in [2.45, 2.75) is 33.4 Å². The van der Waals surface area contributed by atoms with Crippen LogP contribution < -0.4 is 4.90 Å². The van der Waals surface area contributed by atoms with Crippen LogP contribution in [-0.4, -0.2) is 53.2 Å². The Hall–Kier alpha value is -1.99. The lowest BCUT2D eigenvalue weighted by atomic mass is 10.2. The minimum absolute atomic E-state index is 0.0967. The van der Waals surface area contributed by atoms with E-state index in [1.54, 1.807) is 7.11 Å². The minimum Gasteiger partial charge on any atom is -0.378 e. The van der Waals surface area contributed by atoms with Gasteiger partial charge in [-0.1, -0.05) is 13.8 Å². The molecule has 25 heavy (non-hydrogen) atoms. The van der Waals surface area contributed by atoms with E-state index in [0.717, 1.165) is 50.1 Å². The fourth-order valence-corrected chi connectivity index (χ4v) is 2.86. The molecule has 1 aliphatic heterocycles. The molecule has 0 N–H and O–H groups in total. The number of rotatable bonds is 6. The van der Waals surface area contributed by atoms with E-state index in [0.29, 0.717) is 11.7 Å². The van der Waals surface area contributed by atoms with Gasteiger partial charge in [0.2, 0.25) is 0 Å². The Bertz CT molecular complexity index is 677. The lowest BCUT2D eigenvalue weighted by Crippen LogP contribution is -2.36. The maximum Gasteiger partial charge on any atom is 0.183 e. The van der Waals surface area contributed by atoms with Gasteiger partial charge in [-0.05, 0) is 25.0 Å². The number of pyridine rings is 1. The summed E-state index contributed by atoms with van der Waals surface area (Å²) in [6.07, 6.45) is 1.75. The van der Waals surface area contributed by atoms with Crippen molar-refractivity contribution in [1.29, 1.82) is 0 Å². The lowest BCUT2D eigenvalue weighted by molar-refractivity contribution is 0.107. The zero-order valence-electron chi connectivity index (χ0n) is 15.5. The van der Waals surface area contributed by atoms with Gasteiger partial charge in [0.1, 0.15) is 11.9 Å². The van der Waals surface area contributed by atoms with Crippen molar-refractivity contribution < 1.29 is 9.47 Å². The highest BCUT2D eigenvalue weighted by Gasteiger charge is 2.18. The van der Waals surface area contributed by atoms with Gasteiger partial charge in [-0.3, -0.25) is 0 Å². The molecule has 0 aromatic carbocycles. The van der Waals surface area contributed by atoms with E-state index < -0.39 is 0 Å². The van der Waals surface area contributed by atoms with E-state index in [1.807, 2.05) is 29.9 Å². The van der Waals surface area contributed by atoms with E-state index >= 15 is 0 Å². The molecule has 136 valence electrons. The summed E-state index contributed by atoms with van der Waals surface area (Å²) in [6, 6.07) is 4.07. The summed E-state index contributed by atoms with van der Waals surface area (Å²) < 4.78 is 12.8. The SMILES string of the molecule is COC(C)c1nc(-c2ccc(N3CCOCC3)nc2)nn1CC(C)C. The number of ether oxygens (including phenoxy) is 2. The summed E-state index contributed by atoms with van der Waals surface area (Å²) >= 11 is 0. The van der Waals surface area contributed by atoms with Gasteiger partial charge in [-0.2, -0.15) is 5.10 Å². The third-order valence-electron chi connectivity index (χ3n) is 4.30. The Morgan fingerprint density at radius 3 is 2.56 bits per heavy atom. The molecule has 2 aromatic heterocycles. The van der Waals surface area contributed by atoms with Gasteiger partial charge in [0.05, 0.1) is 13.2 Å². The number of nitrogens with zero attached hydrogens (tertiary/aromatic N) is 5. The number of morpholine rings is 1. The van der Waals surface area contributed by atoms with E-state index in [2.05, 4.69) is 28.8 Å². The van der Waals surface area contributed by atoms with E-state index in [1.165, 1.54) is 0 Å². The molecule has 0 aliphatic carbocycles. The normalized spacial score (nSPS) is 16.4. The van der Waals surface area contributed by atoms with Crippen molar-refractivity contribution in [2.75, 3.05) is 38.3 Å². The second kappa shape index (κ2) is 7.93. The molecule has 7 nitrogen and oxygen atoms in total. The highest BCUT2D eigenvalue weighted by Crippen LogP contribution is 2.22. The number of hydrogen-bond acceptors (Lipinski definition) is 6. The molecule has 1 aliphatic rings. The third kappa shape index (κ3) is 4.16. The molecule has 3 rings (SSSR count). The molecule has 1 unspecified atom stereocenters. The van der Waals surface area contributed by atoms with Gasteiger partial charge < -0.3 is 14.4 Å². The molecule has 1 saturated heterocycles. The predicted octanol–water partition coefficient (Wildman–Crippen LogP) is 2.54. The molecule has 0 bridgehead atoms. The fraction of sp³-hybridized carbons (Fsp3) is 0.611. The summed E-state index contributed by atoms with van der Waals surface area (Å²) in [5, 5.41) is 4.68. The van der Waals surface area contributed by atoms with Crippen molar-refractivity contribution >= 4 is 5.82 Å². The van der Waals surface area contributed by atoms with Crippen molar-refractivity contribution in [1.82, 2.24) is 19.7 Å². The number of hydrogen-bond donors (Lipinski definition) is 0. The van der Waals surface area contributed by atoms with Gasteiger partial charge in [0.15, 0.2) is 11.6 Å². The molecule has 0 spiro atoms. The number of anilines is 1. The fourth-order valence-electron chi connectivity index (χ4n) is 2.86. The Balaban J connectivity index is 1.84. The summed E-state index contributed by atoms with van der Waals surface area (Å²) in [5.74, 6) is 3.00. The average Bonchev–Trinajstić information content (AvgIpc) is 3.05. The molecule has 1 atom stereocenters. The predicted molar refractivity (Wildman–Crippen MR) is 96.5 cm³/mol. The van der Waals surface area contributed by atoms with Crippen LogP contribution >= 0.6 is 0 Å². The van der Waals surface area contributed by atoms with Crippen LogP contribution in [0.3, 0.4) is 0 Å². The average molecular weight is 345 g/mol. The van der Waals surface area contributed by atoms with E-state index in [-0.39, 0.29) is 6.10 Å². The van der Waals surface area contributed by atoms with Crippen molar-refractivity contribution in [3.63, 3.8) is 0 Å². The van der Waals surface area contributed by atoms with Crippen LogP contribution in [0.5, 0.6) is 0 Å². The van der Waals surface area contributed by atoms with Gasteiger partial charge in [-0.15, -0.1) is 0 Å². The number of methoxy groups -OCH3 is 1. The van der Waals surface area contributed by atoms with Crippen molar-refractivity contribution in [3.05, 3.63) is 24.2 Å². The Morgan fingerprint density at radius 2 is 1.96 bits per heavy atom. The molecular weight excluding hydrogens is 318 g/mol. The van der Waals surface area contributed by atoms with Crippen LogP contribution in [0.1, 0.15) is 32.7 Å². The van der Waals surface area contributed by atoms with Gasteiger partial charge >= 0.3 is 0 Å². The van der Waals surface area contributed by atoms with Crippen LogP contribution in [0, 0.1) is 5.92 Å². The maximum absolute atomic E-state index is 5.45. The van der Waals surface area contributed by atoms with Crippen molar-refractivity contribution in [3.8, 4) is 11.4 Å². The summed E-state index contributed by atoms with van der Waals surface area (Å²) in [6.45, 7) is 10.4. The van der Waals surface area contributed by atoms with E-state index in [9.17, 15) is 0 Å². The van der Waals surface area contributed by atoms with Gasteiger partial charge in [-0.25, -0.2) is 14.6 Å². The molecule has 0 amide bonds. The molecule has 0 saturated carbocycles. The zero-order valence-corrected chi connectivity index (χ0v) is 15.5. The first-order valence-electron chi connectivity index (χ1n) is 8.85. The molecule has 3 heterocycles. The first-order chi connectivity index (χ1) is 12.1. The topological polar surface area (TPSA) is 65.3 Å². The highest BCUT2D eigenvalue weighted by molar-refractivity contribution is 5.56. The highest BCUT2D eigenvalue weighted by atomic mass is 16.5. The molecule has 7 heteroatoms. The third-order valence-corrected chi connectivity index (χ3v) is 4.30. The smallest absolute Gasteiger partial charge is 0.183 e. The van der Waals surface area contributed by atoms with Crippen molar-refractivity contribution in [2.24, 2.45) is 5.92 Å². The second-order valence-corrected chi connectivity index (χ2v) is 6.75. The lowest BCUT2D eigenvalue weighted by Gasteiger charge is -2.27. The number of aromatic nitrogens is 4. The zero-order chi connectivity index (χ0) is 17.8. The quantitative estimate of drug-likeness (QED) is 0.802. The maximum atomic E-state index is 5.45. The Morgan fingerprint density at radius 1 is 1.20 bits per heavy atom. The molecular formula is C18H27N5O2. The van der Waals surface area contributed by atoms with Crippen LogP contribution in [0.2, 0.25) is 0 Å². The van der Waals surface area contributed by atoms with E-state index in [4.69, 9.17) is 14.5 Å². The minimum atomic E-state index is -0.0967. The van der Waals surface area contributed by atoms with Crippen LogP contribution in [0.25, 0.3) is 11.4 Å². The Labute approximate surface area is 149 Å². The van der Waals surface area contributed by atoms with Gasteiger partial charge in [0.25, 0.3) is 0 Å². The Kier molecular flexibility index (Phi) is 5.65. The summed E-state index contributed by atoms with van der Waals surface area (Å²) in [5.41, 5.74) is 0.920. The van der Waals surface area contributed by atoms with Gasteiger partial charge in [0, 0.05) is 38.5 Å². The molecule has 2 aromatic rings. The molecule has 0 radical (unpaired) electrons.